The molecule has 5 N–H and O–H groups in total. The molecule has 20 nitrogen and oxygen atoms in total. The Hall–Kier alpha value is -6.83. The molecule has 6 aromatic rings. The molecule has 4 amide bonds. The average molecular weight is 1330 g/mol. The summed E-state index contributed by atoms with van der Waals surface area (Å²) in [6.07, 6.45) is 2.36. The Morgan fingerprint density at radius 3 is 2.51 bits per heavy atom. The van der Waals surface area contributed by atoms with Gasteiger partial charge in [-0.3, -0.25) is 24.1 Å². The number of carbonyl (C=O) groups is 4. The van der Waals surface area contributed by atoms with Crippen LogP contribution in [0.2, 0.25) is 5.02 Å². The third-order valence-electron chi connectivity index (χ3n) is 19.0. The number of anilines is 2. The van der Waals surface area contributed by atoms with Gasteiger partial charge in [0.2, 0.25) is 23.6 Å². The predicted molar refractivity (Wildman–Crippen MR) is 339 cm³/mol. The molecule has 0 radical (unpaired) electrons. The lowest BCUT2D eigenvalue weighted by Gasteiger charge is -2.47. The predicted octanol–water partition coefficient (Wildman–Crippen LogP) is 9.00. The van der Waals surface area contributed by atoms with E-state index in [1.807, 2.05) is 62.9 Å². The van der Waals surface area contributed by atoms with Crippen molar-refractivity contribution in [2.75, 3.05) is 89.7 Å². The number of aromatic nitrogens is 3. The molecule has 1 aliphatic carbocycles. The molecule has 6 atom stereocenters. The number of nitrogen functional groups attached to an aromatic ring is 1. The second-order valence-electron chi connectivity index (χ2n) is 26.5. The molecule has 0 bridgehead atoms. The molecule has 92 heavy (non-hydrogen) atoms. The minimum absolute atomic E-state index is 0.00687. The molecule has 6 fully saturated rings. The van der Waals surface area contributed by atoms with Crippen molar-refractivity contribution in [3.63, 3.8) is 0 Å². The first-order valence-corrected chi connectivity index (χ1v) is 33.2. The second-order valence-corrected chi connectivity index (χ2v) is 28.8. The molecule has 490 valence electrons. The number of carbonyl (C=O) groups excluding carboxylic acids is 4. The minimum Gasteiger partial charge on any atom is -0.461 e. The third-order valence-corrected chi connectivity index (χ3v) is 21.3. The summed E-state index contributed by atoms with van der Waals surface area (Å²) in [5, 5.41) is 27.1. The number of amides is 4. The van der Waals surface area contributed by atoms with Crippen LogP contribution in [0.25, 0.3) is 42.6 Å². The zero-order valence-electron chi connectivity index (χ0n) is 51.6. The van der Waals surface area contributed by atoms with E-state index in [-0.39, 0.29) is 112 Å². The summed E-state index contributed by atoms with van der Waals surface area (Å²) in [4.78, 5) is 76.4. The molecule has 12 rings (SSSR count). The molecule has 5 aliphatic heterocycles. The lowest BCUT2D eigenvalue weighted by atomic mass is 9.78. The van der Waals surface area contributed by atoms with Crippen molar-refractivity contribution in [1.82, 2.24) is 40.3 Å². The van der Waals surface area contributed by atoms with Crippen LogP contribution in [0.4, 0.5) is 28.4 Å². The van der Waals surface area contributed by atoms with Gasteiger partial charge >= 0.3 is 6.01 Å². The van der Waals surface area contributed by atoms with E-state index in [2.05, 4.69) is 20.5 Å². The number of ether oxygens (including phenoxy) is 4. The van der Waals surface area contributed by atoms with Crippen molar-refractivity contribution >= 4 is 89.7 Å². The van der Waals surface area contributed by atoms with Gasteiger partial charge in [-0.05, 0) is 86.2 Å². The van der Waals surface area contributed by atoms with Gasteiger partial charge in [0.05, 0.1) is 62.3 Å². The van der Waals surface area contributed by atoms with E-state index in [0.717, 1.165) is 52.4 Å². The molecule has 1 unspecified atom stereocenters. The highest BCUT2D eigenvalue weighted by atomic mass is 35.5. The van der Waals surface area contributed by atoms with E-state index in [4.69, 9.17) is 46.3 Å². The van der Waals surface area contributed by atoms with Gasteiger partial charge in [-0.25, -0.2) is 22.5 Å². The number of fused-ring (bicyclic) bond motifs is 3. The molecular formula is C65H74ClF4N11O9S2. The van der Waals surface area contributed by atoms with Gasteiger partial charge in [0, 0.05) is 93.5 Å². The number of thiazole rings is 1. The van der Waals surface area contributed by atoms with Crippen LogP contribution in [-0.4, -0.2) is 173 Å². The normalized spacial score (nSPS) is 23.1. The summed E-state index contributed by atoms with van der Waals surface area (Å²) in [5.74, 6) is -7.35. The number of benzene rings is 3. The number of nitriles is 1. The maximum atomic E-state index is 17.6. The van der Waals surface area contributed by atoms with Gasteiger partial charge in [0.15, 0.2) is 5.82 Å². The first-order chi connectivity index (χ1) is 43.9. The van der Waals surface area contributed by atoms with Gasteiger partial charge < -0.3 is 55.1 Å². The number of β-amino-alcohol motifs (C(OH)–C–C–N with tert-alkyl or cyclic N) is 1. The molecule has 27 heteroatoms. The summed E-state index contributed by atoms with van der Waals surface area (Å²) in [6.45, 7) is 11.3. The number of hydrogen-bond donors (Lipinski definition) is 4. The van der Waals surface area contributed by atoms with Gasteiger partial charge in [0.25, 0.3) is 5.92 Å². The number of piperidine rings is 1. The summed E-state index contributed by atoms with van der Waals surface area (Å²) in [6, 6.07) is 11.9. The summed E-state index contributed by atoms with van der Waals surface area (Å²) >= 11 is 9.46. The smallest absolute Gasteiger partial charge is 0.319 e. The Kier molecular flexibility index (Phi) is 18.6. The fraction of sp³-hybridized carbons (Fsp3) is 0.538. The van der Waals surface area contributed by atoms with Crippen LogP contribution in [-0.2, 0) is 39.9 Å². The fourth-order valence-electron chi connectivity index (χ4n) is 13.9. The topological polar surface area (TPSA) is 251 Å². The summed E-state index contributed by atoms with van der Waals surface area (Å²) in [5.41, 5.74) is 9.03. The maximum absolute atomic E-state index is 17.6. The number of nitrogens with zero attached hydrogens (tertiary/aromatic N) is 8. The van der Waals surface area contributed by atoms with Crippen LogP contribution in [0.1, 0.15) is 95.4 Å². The number of nitrogens with one attached hydrogen (secondary N) is 2. The minimum atomic E-state index is -3.01. The molecular weight excluding hydrogens is 1250 g/mol. The Bertz CT molecular complexity index is 3860. The van der Waals surface area contributed by atoms with E-state index in [0.29, 0.717) is 71.0 Å². The number of likely N-dealkylation sites (tertiary alicyclic amines) is 1. The van der Waals surface area contributed by atoms with E-state index in [1.54, 1.807) is 22.9 Å². The highest BCUT2D eigenvalue weighted by Crippen LogP contribution is 2.51. The zero-order chi connectivity index (χ0) is 65.0. The number of halogens is 5. The highest BCUT2D eigenvalue weighted by molar-refractivity contribution is 7.23. The molecule has 5 saturated heterocycles. The third kappa shape index (κ3) is 13.2. The molecule has 1 spiro atoms. The number of thiophene rings is 1. The first-order valence-electron chi connectivity index (χ1n) is 31.2. The number of alkyl halides is 2. The number of nitrogens with two attached hydrogens (primary N) is 1. The van der Waals surface area contributed by atoms with Crippen molar-refractivity contribution < 1.29 is 60.8 Å². The number of hydrogen-bond acceptors (Lipinski definition) is 18. The van der Waals surface area contributed by atoms with Crippen LogP contribution in [0, 0.1) is 46.6 Å². The standard InChI is InChI=1S/C65H74ClF4N11O9S2/c1-36-53(91-34-74-36)38-9-7-37(8-10-38)28-73-58(84)47-23-39(82)29-81(47)60(86)55(62(2,3)4)75-48(83)13-22-87-20-6-21-89-40-25-64(14-5-17-80(64)30-40)33-90-61-76-52-42(24-45(66)50(51(52)68)41-11-12-46(67)54-49(41)43(27-71)56(72)92-54)57(77-61)78-18-15-63(16-19-78)31-79(35-88-32-63)59(85)44-26-65(44,69)70/h7-12,24,34,39-40,44,47,55,82H,5-6,13-23,25-26,28-33,35,72H2,1-4H3,(H,73,84)(H,75,83)/t39-,40-,44?,47+,55-,64+/m1/s1. The zero-order valence-corrected chi connectivity index (χ0v) is 54.0. The van der Waals surface area contributed by atoms with Crippen molar-refractivity contribution in [3.8, 4) is 33.6 Å². The van der Waals surface area contributed by atoms with Crippen molar-refractivity contribution in [2.45, 2.75) is 128 Å². The molecule has 8 heterocycles. The van der Waals surface area contributed by atoms with Gasteiger partial charge in [0.1, 0.15) is 59.6 Å². The van der Waals surface area contributed by atoms with Gasteiger partial charge in [-0.2, -0.15) is 15.2 Å². The van der Waals surface area contributed by atoms with Gasteiger partial charge in [-0.1, -0.05) is 62.7 Å². The number of aryl methyl sites for hydroxylation is 1. The van der Waals surface area contributed by atoms with Crippen LogP contribution in [0.5, 0.6) is 6.01 Å². The lowest BCUT2D eigenvalue weighted by Crippen LogP contribution is -2.57. The Balaban J connectivity index is 0.658. The monoisotopic (exact) mass is 1330 g/mol. The Morgan fingerprint density at radius 2 is 1.79 bits per heavy atom. The second kappa shape index (κ2) is 26.2. The molecule has 3 aromatic carbocycles. The fourth-order valence-corrected chi connectivity index (χ4v) is 16.0. The molecule has 3 aromatic heterocycles. The van der Waals surface area contributed by atoms with E-state index in [9.17, 15) is 38.3 Å². The summed E-state index contributed by atoms with van der Waals surface area (Å²) < 4.78 is 85.8. The first kappa shape index (κ1) is 65.2. The number of rotatable bonds is 20. The SMILES string of the molecule is Cc1ncsc1-c1ccc(CNC(=O)[C@@H]2C[C@@H](O)CN2C(=O)[C@@H](NC(=O)CCOCCCO[C@H]2CN3CCC[C@@]3(COc3nc(N4CCC5(CC4)COCN(C(=O)C4CC4(F)F)C5)c4cc(Cl)c(-c5ccc(F)c6sc(N)c(C#N)c56)c(F)c4n3)C2)C(C)(C)C)cc1. The quantitative estimate of drug-likeness (QED) is 0.0411. The van der Waals surface area contributed by atoms with Crippen molar-refractivity contribution in [2.24, 2.45) is 16.7 Å². The van der Waals surface area contributed by atoms with Gasteiger partial charge in [-0.15, -0.1) is 22.7 Å². The Labute approximate surface area is 542 Å². The van der Waals surface area contributed by atoms with E-state index < -0.39 is 88.1 Å². The van der Waals surface area contributed by atoms with Crippen LogP contribution < -0.4 is 26.0 Å². The lowest BCUT2D eigenvalue weighted by molar-refractivity contribution is -0.157. The number of aliphatic hydroxyl groups is 1. The molecule has 6 aliphatic rings. The maximum Gasteiger partial charge on any atom is 0.319 e. The van der Waals surface area contributed by atoms with E-state index in [1.165, 1.54) is 21.9 Å². The Morgan fingerprint density at radius 1 is 1.02 bits per heavy atom. The van der Waals surface area contributed by atoms with Crippen LogP contribution in [0.15, 0.2) is 48.0 Å². The largest absolute Gasteiger partial charge is 0.461 e. The number of aliphatic hydroxyl groups excluding tert-OH is 1. The van der Waals surface area contributed by atoms with Crippen LogP contribution >= 0.6 is 34.3 Å². The molecule has 1 saturated carbocycles. The van der Waals surface area contributed by atoms with E-state index >= 15 is 8.78 Å². The van der Waals surface area contributed by atoms with Crippen molar-refractivity contribution in [1.29, 1.82) is 5.26 Å². The highest BCUT2D eigenvalue weighted by Gasteiger charge is 2.63. The average Bonchev–Trinajstić information content (AvgIpc) is 1.14. The van der Waals surface area contributed by atoms with Crippen molar-refractivity contribution in [3.05, 3.63) is 81.5 Å². The van der Waals surface area contributed by atoms with Crippen LogP contribution in [0.3, 0.4) is 0 Å². The summed E-state index contributed by atoms with van der Waals surface area (Å²) in [7, 11) is 0.